The Hall–Kier alpha value is -1.14. The fraction of sp³-hybridized carbons (Fsp3) is 0.927. The number of carbonyl (C=O) groups is 1. The first-order valence-corrected chi connectivity index (χ1v) is 20.1. The Labute approximate surface area is 298 Å². The van der Waals surface area contributed by atoms with Crippen LogP contribution in [-0.2, 0) is 9.63 Å². The van der Waals surface area contributed by atoms with Crippen molar-refractivity contribution in [3.63, 3.8) is 0 Å². The maximum Gasteiger partial charge on any atom is 0.139 e. The van der Waals surface area contributed by atoms with Crippen LogP contribution >= 0.6 is 12.4 Å². The molecule has 8 fully saturated rings. The first-order valence-electron chi connectivity index (χ1n) is 20.1. The van der Waals surface area contributed by atoms with Gasteiger partial charge in [0.05, 0.1) is 11.4 Å². The molecule has 8 aliphatic carbocycles. The highest BCUT2D eigenvalue weighted by Crippen LogP contribution is 2.67. The maximum atomic E-state index is 12.4. The van der Waals surface area contributed by atoms with Crippen molar-refractivity contribution in [3.8, 4) is 0 Å². The van der Waals surface area contributed by atoms with Crippen LogP contribution in [0.15, 0.2) is 10.3 Å². The normalized spacial score (nSPS) is 49.9. The molecule has 8 aliphatic rings. The Morgan fingerprint density at radius 1 is 0.792 bits per heavy atom. The molecule has 0 spiro atoms. The number of hydrogen-bond acceptors (Lipinski definition) is 6. The van der Waals surface area contributed by atoms with Crippen LogP contribution in [0.5, 0.6) is 0 Å². The van der Waals surface area contributed by atoms with Crippen LogP contribution in [0.4, 0.5) is 0 Å². The zero-order valence-corrected chi connectivity index (χ0v) is 31.8. The van der Waals surface area contributed by atoms with Crippen LogP contribution < -0.4 is 5.73 Å². The lowest BCUT2D eigenvalue weighted by Crippen LogP contribution is -2.55. The number of hydrogen-bond donors (Lipinski definition) is 2. The largest absolute Gasteiger partial charge is 0.411 e. The van der Waals surface area contributed by atoms with Crippen molar-refractivity contribution in [2.24, 2.45) is 85.0 Å². The van der Waals surface area contributed by atoms with Crippen molar-refractivity contribution >= 4 is 29.6 Å². The highest BCUT2D eigenvalue weighted by atomic mass is 35.5. The van der Waals surface area contributed by atoms with Gasteiger partial charge in [-0.15, -0.1) is 12.4 Å². The molecule has 0 radical (unpaired) electrons. The summed E-state index contributed by atoms with van der Waals surface area (Å²) in [7, 11) is 0. The van der Waals surface area contributed by atoms with Crippen LogP contribution in [0.3, 0.4) is 0 Å². The first-order chi connectivity index (χ1) is 22.4. The molecule has 0 saturated heterocycles. The van der Waals surface area contributed by atoms with Gasteiger partial charge >= 0.3 is 0 Å². The molecule has 0 heterocycles. The topological polar surface area (TPSA) is 97.3 Å². The standard InChI is InChI=1S/C22H38N2O.C19H29NO2.ClH/c1-15(23)14-25-24-17-8-12-22(3)16(13-17)6-7-18-19-5-4-10-21(19,2)11-9-20(18)22;1-18-9-4-3-5-15(18)16(20-22)11-12-13-6-7-17(21)19(13,2)10-8-14(12)18;/h15-16,18-20H,4-14,23H2,1-3H3;12-15,22H,3-11H2,1-2H3;1H/b;20-16-;/t15-,16?,18+,19+,20+,21+,22+;12-,13-,14-,15?,18+,19-;/m10./s1. The van der Waals surface area contributed by atoms with E-state index in [4.69, 9.17) is 10.6 Å². The second-order valence-electron chi connectivity index (χ2n) is 19.3. The number of fused-ring (bicyclic) bond motifs is 10. The second kappa shape index (κ2) is 13.8. The summed E-state index contributed by atoms with van der Waals surface area (Å²) in [5.41, 5.74) is 9.56. The second-order valence-corrected chi connectivity index (χ2v) is 19.3. The zero-order chi connectivity index (χ0) is 33.2. The van der Waals surface area contributed by atoms with Crippen molar-refractivity contribution < 1.29 is 14.8 Å². The van der Waals surface area contributed by atoms with Crippen molar-refractivity contribution in [2.75, 3.05) is 6.61 Å². The maximum absolute atomic E-state index is 12.4. The van der Waals surface area contributed by atoms with E-state index in [0.29, 0.717) is 46.4 Å². The van der Waals surface area contributed by atoms with Gasteiger partial charge in [-0.1, -0.05) is 57.3 Å². The molecule has 0 aromatic rings. The molecule has 3 N–H and O–H groups in total. The predicted molar refractivity (Wildman–Crippen MR) is 197 cm³/mol. The van der Waals surface area contributed by atoms with Crippen molar-refractivity contribution in [3.05, 3.63) is 0 Å². The summed E-state index contributed by atoms with van der Waals surface area (Å²) in [6, 6.07) is 0.0663. The lowest BCUT2D eigenvalue weighted by molar-refractivity contribution is -0.133. The van der Waals surface area contributed by atoms with Gasteiger partial charge in [0.25, 0.3) is 0 Å². The lowest BCUT2D eigenvalue weighted by atomic mass is 9.45. The van der Waals surface area contributed by atoms with Gasteiger partial charge in [0.2, 0.25) is 0 Å². The Bertz CT molecular complexity index is 1250. The van der Waals surface area contributed by atoms with Gasteiger partial charge in [0.1, 0.15) is 12.4 Å². The Morgan fingerprint density at radius 2 is 1.56 bits per heavy atom. The molecule has 0 bridgehead atoms. The predicted octanol–water partition coefficient (Wildman–Crippen LogP) is 9.99. The van der Waals surface area contributed by atoms with E-state index in [2.05, 4.69) is 38.0 Å². The molecule has 8 rings (SSSR count). The monoisotopic (exact) mass is 685 g/mol. The number of nitrogens with two attached hydrogens (primary N) is 1. The summed E-state index contributed by atoms with van der Waals surface area (Å²) < 4.78 is 0. The lowest BCUT2D eigenvalue weighted by Gasteiger charge is -2.60. The Morgan fingerprint density at radius 3 is 2.33 bits per heavy atom. The van der Waals surface area contributed by atoms with Gasteiger partial charge in [-0.2, -0.15) is 0 Å². The van der Waals surface area contributed by atoms with Crippen molar-refractivity contribution in [2.45, 2.75) is 163 Å². The number of Topliss-reactive ketones (excluding diaryl/α,β-unsaturated/α-hetero) is 1. The summed E-state index contributed by atoms with van der Waals surface area (Å²) in [6.07, 6.45) is 24.1. The molecular formula is C41H68ClN3O3. The van der Waals surface area contributed by atoms with E-state index >= 15 is 0 Å². The quantitative estimate of drug-likeness (QED) is 0.228. The molecule has 6 nitrogen and oxygen atoms in total. The highest BCUT2D eigenvalue weighted by Gasteiger charge is 2.61. The highest BCUT2D eigenvalue weighted by molar-refractivity contribution is 5.90. The SMILES string of the molecule is C[C@@H](N)CON=C1CC[C@@]2(C)C(CC[C@H]3[C@@H]4CCC[C@@]4(C)CC[C@@H]32)C1.C[C@]12CCCCC1/C(=N\O)C[C@@H]1[C@@H]2CC[C@]2(C)C(=O)CC[C@@H]12.Cl. The summed E-state index contributed by atoms with van der Waals surface area (Å²) >= 11 is 0. The van der Waals surface area contributed by atoms with Gasteiger partial charge in [0, 0.05) is 23.8 Å². The van der Waals surface area contributed by atoms with E-state index in [0.717, 1.165) is 67.4 Å². The zero-order valence-electron chi connectivity index (χ0n) is 31.0. The number of carbonyl (C=O) groups excluding carboxylic acids is 1. The average Bonchev–Trinajstić information content (AvgIpc) is 3.59. The minimum absolute atomic E-state index is 0. The Balaban J connectivity index is 0.000000165. The fourth-order valence-electron chi connectivity index (χ4n) is 14.4. The van der Waals surface area contributed by atoms with Gasteiger partial charge in [0.15, 0.2) is 0 Å². The van der Waals surface area contributed by atoms with E-state index in [9.17, 15) is 10.0 Å². The third-order valence-corrected chi connectivity index (χ3v) is 17.0. The molecule has 0 aromatic carbocycles. The number of rotatable bonds is 3. The number of nitrogens with zero attached hydrogens (tertiary/aromatic N) is 2. The van der Waals surface area contributed by atoms with E-state index in [1.54, 1.807) is 0 Å². The van der Waals surface area contributed by atoms with E-state index < -0.39 is 0 Å². The van der Waals surface area contributed by atoms with Crippen LogP contribution in [-0.4, -0.2) is 35.1 Å². The summed E-state index contributed by atoms with van der Waals surface area (Å²) in [5.74, 6) is 6.62. The minimum Gasteiger partial charge on any atom is -0.411 e. The molecule has 0 aromatic heterocycles. The van der Waals surface area contributed by atoms with Crippen LogP contribution in [0, 0.1) is 69.0 Å². The van der Waals surface area contributed by atoms with E-state index in [-0.39, 0.29) is 23.9 Å². The molecule has 8 saturated carbocycles. The minimum atomic E-state index is -0.0837. The molecule has 0 amide bonds. The summed E-state index contributed by atoms with van der Waals surface area (Å²) in [4.78, 5) is 17.9. The van der Waals surface area contributed by atoms with Crippen molar-refractivity contribution in [1.82, 2.24) is 0 Å². The fourth-order valence-corrected chi connectivity index (χ4v) is 14.4. The summed E-state index contributed by atoms with van der Waals surface area (Å²) in [5, 5.41) is 17.8. The molecular weight excluding hydrogens is 618 g/mol. The smallest absolute Gasteiger partial charge is 0.139 e. The van der Waals surface area contributed by atoms with Crippen LogP contribution in [0.2, 0.25) is 0 Å². The number of oxime groups is 2. The molecule has 272 valence electrons. The van der Waals surface area contributed by atoms with Gasteiger partial charge < -0.3 is 15.8 Å². The average molecular weight is 686 g/mol. The molecule has 2 unspecified atom stereocenters. The van der Waals surface area contributed by atoms with Crippen LogP contribution in [0.25, 0.3) is 0 Å². The molecule has 13 atom stereocenters. The third-order valence-electron chi connectivity index (χ3n) is 17.0. The molecule has 7 heteroatoms. The third kappa shape index (κ3) is 6.01. The molecule has 0 aliphatic heterocycles. The molecule has 48 heavy (non-hydrogen) atoms. The van der Waals surface area contributed by atoms with Gasteiger partial charge in [-0.25, -0.2) is 0 Å². The van der Waals surface area contributed by atoms with E-state index in [1.165, 1.54) is 95.6 Å². The van der Waals surface area contributed by atoms with Crippen LogP contribution in [0.1, 0.15) is 157 Å². The number of halogens is 1. The Kier molecular flexibility index (Phi) is 10.5. The van der Waals surface area contributed by atoms with Gasteiger partial charge in [-0.3, -0.25) is 4.79 Å². The summed E-state index contributed by atoms with van der Waals surface area (Å²) in [6.45, 7) is 12.4. The van der Waals surface area contributed by atoms with Crippen molar-refractivity contribution in [1.29, 1.82) is 0 Å². The van der Waals surface area contributed by atoms with E-state index in [1.807, 2.05) is 6.92 Å². The van der Waals surface area contributed by atoms with Gasteiger partial charge in [-0.05, 0) is 161 Å². The number of ketones is 1. The first kappa shape index (κ1) is 36.6.